The molecular formula is C20H27NO6. The lowest BCUT2D eigenvalue weighted by Gasteiger charge is -2.42. The Morgan fingerprint density at radius 1 is 1.11 bits per heavy atom. The van der Waals surface area contributed by atoms with Crippen LogP contribution in [0.1, 0.15) is 33.3 Å². The van der Waals surface area contributed by atoms with E-state index in [-0.39, 0.29) is 36.6 Å². The van der Waals surface area contributed by atoms with Crippen molar-refractivity contribution in [3.63, 3.8) is 0 Å². The molecule has 0 amide bonds. The van der Waals surface area contributed by atoms with Gasteiger partial charge < -0.3 is 18.9 Å². The van der Waals surface area contributed by atoms with E-state index in [9.17, 15) is 9.59 Å². The first-order valence-corrected chi connectivity index (χ1v) is 8.95. The molecule has 1 saturated heterocycles. The van der Waals surface area contributed by atoms with Gasteiger partial charge in [-0.3, -0.25) is 14.6 Å². The molecule has 0 radical (unpaired) electrons. The Bertz CT molecular complexity index is 672. The van der Waals surface area contributed by atoms with Crippen LogP contribution in [0.2, 0.25) is 0 Å². The highest BCUT2D eigenvalue weighted by atomic mass is 16.7. The van der Waals surface area contributed by atoms with Gasteiger partial charge in [0.05, 0.1) is 13.2 Å². The molecule has 2 rings (SSSR count). The number of esters is 2. The molecule has 1 aromatic rings. The predicted molar refractivity (Wildman–Crippen MR) is 99.8 cm³/mol. The summed E-state index contributed by atoms with van der Waals surface area (Å²) in [5, 5.41) is 0. The lowest BCUT2D eigenvalue weighted by atomic mass is 9.82. The minimum absolute atomic E-state index is 0.0538. The zero-order chi connectivity index (χ0) is 20.0. The molecule has 0 aliphatic carbocycles. The largest absolute Gasteiger partial charge is 0.497 e. The summed E-state index contributed by atoms with van der Waals surface area (Å²) in [7, 11) is 1.61. The first-order chi connectivity index (χ1) is 12.8. The fraction of sp³-hybridized carbons (Fsp3) is 0.550. The van der Waals surface area contributed by atoms with E-state index in [0.29, 0.717) is 0 Å². The first kappa shape index (κ1) is 20.9. The van der Waals surface area contributed by atoms with Crippen molar-refractivity contribution in [2.75, 3.05) is 13.7 Å². The fourth-order valence-corrected chi connectivity index (χ4v) is 2.99. The molecule has 7 heteroatoms. The Morgan fingerprint density at radius 2 is 1.78 bits per heavy atom. The highest BCUT2D eigenvalue weighted by Gasteiger charge is 2.43. The number of hydrogen-bond acceptors (Lipinski definition) is 7. The van der Waals surface area contributed by atoms with Crippen molar-refractivity contribution in [2.45, 2.75) is 46.1 Å². The number of rotatable bonds is 6. The molecule has 1 aliphatic rings. The second-order valence-corrected chi connectivity index (χ2v) is 6.72. The lowest BCUT2D eigenvalue weighted by molar-refractivity contribution is -0.234. The molecule has 0 N–H and O–H groups in total. The van der Waals surface area contributed by atoms with E-state index in [2.05, 4.69) is 4.99 Å². The number of hydrogen-bond donors (Lipinski definition) is 0. The third-order valence-electron chi connectivity index (χ3n) is 4.79. The maximum Gasteiger partial charge on any atom is 0.305 e. The van der Waals surface area contributed by atoms with Gasteiger partial charge in [0.25, 0.3) is 0 Å². The smallest absolute Gasteiger partial charge is 0.305 e. The average Bonchev–Trinajstić information content (AvgIpc) is 2.63. The third-order valence-corrected chi connectivity index (χ3v) is 4.79. The summed E-state index contributed by atoms with van der Waals surface area (Å²) in [6.07, 6.45) is 0.545. The van der Waals surface area contributed by atoms with Crippen LogP contribution < -0.4 is 4.74 Å². The van der Waals surface area contributed by atoms with Crippen molar-refractivity contribution in [2.24, 2.45) is 16.8 Å². The van der Waals surface area contributed by atoms with Crippen LogP contribution in [-0.2, 0) is 23.8 Å². The van der Waals surface area contributed by atoms with Crippen molar-refractivity contribution in [3.8, 4) is 5.75 Å². The van der Waals surface area contributed by atoms with E-state index in [1.165, 1.54) is 13.8 Å². The zero-order valence-corrected chi connectivity index (χ0v) is 16.4. The molecule has 1 fully saturated rings. The minimum atomic E-state index is -0.830. The number of carbonyl (C=O) groups excluding carboxylic acids is 2. The van der Waals surface area contributed by atoms with E-state index < -0.39 is 12.3 Å². The van der Waals surface area contributed by atoms with E-state index in [4.69, 9.17) is 18.9 Å². The van der Waals surface area contributed by atoms with Gasteiger partial charge in [-0.25, -0.2) is 0 Å². The number of aliphatic imine (C=N–C) groups is 1. The average molecular weight is 377 g/mol. The highest BCUT2D eigenvalue weighted by molar-refractivity contribution is 5.80. The molecule has 0 saturated carbocycles. The summed E-state index contributed by atoms with van der Waals surface area (Å²) in [6.45, 7) is 6.84. The highest BCUT2D eigenvalue weighted by Crippen LogP contribution is 2.33. The van der Waals surface area contributed by atoms with Crippen LogP contribution in [0.15, 0.2) is 29.3 Å². The van der Waals surface area contributed by atoms with Gasteiger partial charge in [0.1, 0.15) is 18.4 Å². The van der Waals surface area contributed by atoms with Gasteiger partial charge in [-0.2, -0.15) is 0 Å². The van der Waals surface area contributed by atoms with Crippen molar-refractivity contribution >= 4 is 18.2 Å². The summed E-state index contributed by atoms with van der Waals surface area (Å²) in [5.41, 5.74) is 0.902. The molecular weight excluding hydrogens is 350 g/mol. The Hall–Kier alpha value is -2.41. The molecule has 5 unspecified atom stereocenters. The van der Waals surface area contributed by atoms with Crippen molar-refractivity contribution in [3.05, 3.63) is 29.8 Å². The second kappa shape index (κ2) is 9.50. The monoisotopic (exact) mass is 377 g/mol. The van der Waals surface area contributed by atoms with Crippen LogP contribution in [0, 0.1) is 11.8 Å². The standard InChI is InChI=1S/C20H27NO6/c1-12-13(2)19(21-10-16-6-8-17(24-5)9-7-16)20(26-15(4)23)27-18(12)11-25-14(3)22/h6-10,12-13,18-20H,11H2,1-5H3. The van der Waals surface area contributed by atoms with Crippen LogP contribution in [-0.4, -0.2) is 50.3 Å². The van der Waals surface area contributed by atoms with Gasteiger partial charge in [0.2, 0.25) is 6.29 Å². The van der Waals surface area contributed by atoms with Gasteiger partial charge in [0.15, 0.2) is 0 Å². The van der Waals surface area contributed by atoms with Crippen LogP contribution in [0.3, 0.4) is 0 Å². The Labute approximate surface area is 159 Å². The van der Waals surface area contributed by atoms with Gasteiger partial charge >= 0.3 is 11.9 Å². The summed E-state index contributed by atoms with van der Waals surface area (Å²) in [4.78, 5) is 27.2. The van der Waals surface area contributed by atoms with E-state index >= 15 is 0 Å². The fourth-order valence-electron chi connectivity index (χ4n) is 2.99. The van der Waals surface area contributed by atoms with Crippen molar-refractivity contribution < 1.29 is 28.5 Å². The molecule has 148 valence electrons. The van der Waals surface area contributed by atoms with Crippen LogP contribution >= 0.6 is 0 Å². The molecule has 0 bridgehead atoms. The summed E-state index contributed by atoms with van der Waals surface area (Å²) in [5.74, 6) is 0.0633. The normalized spacial score (nSPS) is 28.0. The first-order valence-electron chi connectivity index (χ1n) is 8.95. The van der Waals surface area contributed by atoms with E-state index in [0.717, 1.165) is 11.3 Å². The van der Waals surface area contributed by atoms with Gasteiger partial charge in [-0.1, -0.05) is 13.8 Å². The summed E-state index contributed by atoms with van der Waals surface area (Å²) in [6, 6.07) is 7.13. The number of carbonyl (C=O) groups is 2. The molecule has 1 aromatic carbocycles. The number of nitrogens with zero attached hydrogens (tertiary/aromatic N) is 1. The van der Waals surface area contributed by atoms with E-state index in [1.54, 1.807) is 13.3 Å². The summed E-state index contributed by atoms with van der Waals surface area (Å²) >= 11 is 0. The maximum absolute atomic E-state index is 11.5. The van der Waals surface area contributed by atoms with Gasteiger partial charge in [-0.05, 0) is 41.7 Å². The van der Waals surface area contributed by atoms with Crippen LogP contribution in [0.5, 0.6) is 5.75 Å². The molecule has 27 heavy (non-hydrogen) atoms. The summed E-state index contributed by atoms with van der Waals surface area (Å²) < 4.78 is 21.5. The molecule has 1 aliphatic heterocycles. The SMILES string of the molecule is COc1ccc(C=NC2C(OC(C)=O)OC(COC(C)=O)C(C)C2C)cc1. The zero-order valence-electron chi connectivity index (χ0n) is 16.4. The van der Waals surface area contributed by atoms with Crippen LogP contribution in [0.25, 0.3) is 0 Å². The van der Waals surface area contributed by atoms with Crippen molar-refractivity contribution in [1.82, 2.24) is 0 Å². The molecule has 7 nitrogen and oxygen atoms in total. The predicted octanol–water partition coefficient (Wildman–Crippen LogP) is 2.61. The van der Waals surface area contributed by atoms with Crippen molar-refractivity contribution in [1.29, 1.82) is 0 Å². The lowest BCUT2D eigenvalue weighted by Crippen LogP contribution is -2.51. The quantitative estimate of drug-likeness (QED) is 0.560. The maximum atomic E-state index is 11.5. The number of methoxy groups -OCH3 is 1. The minimum Gasteiger partial charge on any atom is -0.497 e. The molecule has 0 aromatic heterocycles. The molecule has 1 heterocycles. The molecule has 0 spiro atoms. The van der Waals surface area contributed by atoms with Crippen LogP contribution in [0.4, 0.5) is 0 Å². The van der Waals surface area contributed by atoms with Gasteiger partial charge in [-0.15, -0.1) is 0 Å². The van der Waals surface area contributed by atoms with E-state index in [1.807, 2.05) is 38.1 Å². The molecule has 5 atom stereocenters. The Morgan fingerprint density at radius 3 is 2.33 bits per heavy atom. The number of benzene rings is 1. The Balaban J connectivity index is 2.16. The number of ether oxygens (including phenoxy) is 4. The Kier molecular flexibility index (Phi) is 7.36. The van der Waals surface area contributed by atoms with Gasteiger partial charge in [0, 0.05) is 20.1 Å². The topological polar surface area (TPSA) is 83.4 Å². The third kappa shape index (κ3) is 5.79. The second-order valence-electron chi connectivity index (χ2n) is 6.72.